The normalized spacial score (nSPS) is 16.4. The molecule has 1 amide bonds. The predicted octanol–water partition coefficient (Wildman–Crippen LogP) is 3.26. The third kappa shape index (κ3) is 3.62. The highest BCUT2D eigenvalue weighted by Crippen LogP contribution is 2.34. The highest BCUT2D eigenvalue weighted by atomic mass is 16.2. The average Bonchev–Trinajstić information content (AvgIpc) is 2.99. The second kappa shape index (κ2) is 6.97. The van der Waals surface area contributed by atoms with Gasteiger partial charge in [-0.2, -0.15) is 0 Å². The predicted molar refractivity (Wildman–Crippen MR) is 93.1 cm³/mol. The molecule has 1 unspecified atom stereocenters. The van der Waals surface area contributed by atoms with Crippen LogP contribution in [0.1, 0.15) is 29.2 Å². The van der Waals surface area contributed by atoms with E-state index in [0.29, 0.717) is 19.1 Å². The van der Waals surface area contributed by atoms with Gasteiger partial charge in [0.15, 0.2) is 0 Å². The Balaban J connectivity index is 1.59. The van der Waals surface area contributed by atoms with Crippen molar-refractivity contribution in [2.24, 2.45) is 0 Å². The van der Waals surface area contributed by atoms with Crippen molar-refractivity contribution in [1.29, 1.82) is 0 Å². The number of fused-ring (bicyclic) bond motifs is 1. The van der Waals surface area contributed by atoms with E-state index in [1.165, 1.54) is 11.1 Å². The molecule has 3 nitrogen and oxygen atoms in total. The first kappa shape index (κ1) is 15.8. The summed E-state index contributed by atoms with van der Waals surface area (Å²) in [6, 6.07) is 19.1. The highest BCUT2D eigenvalue weighted by molar-refractivity contribution is 5.78. The van der Waals surface area contributed by atoms with Gasteiger partial charge in [-0.15, -0.1) is 0 Å². The van der Waals surface area contributed by atoms with E-state index in [4.69, 9.17) is 0 Å². The fourth-order valence-corrected chi connectivity index (χ4v) is 3.38. The maximum Gasteiger partial charge on any atom is 0.236 e. The quantitative estimate of drug-likeness (QED) is 0.846. The number of aryl methyl sites for hydroxylation is 1. The summed E-state index contributed by atoms with van der Waals surface area (Å²) in [7, 11) is 3.94. The van der Waals surface area contributed by atoms with Crippen LogP contribution in [0.2, 0.25) is 0 Å². The molecule has 1 atom stereocenters. The Morgan fingerprint density at radius 3 is 2.52 bits per heavy atom. The van der Waals surface area contributed by atoms with Crippen LogP contribution in [0.15, 0.2) is 54.6 Å². The van der Waals surface area contributed by atoms with E-state index in [9.17, 15) is 4.79 Å². The number of carbonyl (C=O) groups is 1. The molecule has 1 aliphatic carbocycles. The van der Waals surface area contributed by atoms with E-state index >= 15 is 0 Å². The first-order valence-corrected chi connectivity index (χ1v) is 8.21. The Morgan fingerprint density at radius 1 is 1.04 bits per heavy atom. The standard InChI is InChI=1S/C20H24N2O/c1-21(19-13-12-17-10-6-7-11-18(17)19)15-20(23)22(2)14-16-8-4-3-5-9-16/h3-11,19H,12-15H2,1-2H3. The number of likely N-dealkylation sites (N-methyl/N-ethyl adjacent to an activating group) is 2. The van der Waals surface area contributed by atoms with Crippen LogP contribution in [0.3, 0.4) is 0 Å². The number of hydrogen-bond donors (Lipinski definition) is 0. The van der Waals surface area contributed by atoms with Crippen molar-refractivity contribution in [3.8, 4) is 0 Å². The van der Waals surface area contributed by atoms with Crippen LogP contribution < -0.4 is 0 Å². The van der Waals surface area contributed by atoms with Crippen LogP contribution in [0.4, 0.5) is 0 Å². The lowest BCUT2D eigenvalue weighted by molar-refractivity contribution is -0.131. The largest absolute Gasteiger partial charge is 0.340 e. The lowest BCUT2D eigenvalue weighted by Gasteiger charge is -2.27. The minimum atomic E-state index is 0.167. The van der Waals surface area contributed by atoms with Gasteiger partial charge < -0.3 is 4.90 Å². The Morgan fingerprint density at radius 2 is 1.74 bits per heavy atom. The molecule has 0 fully saturated rings. The van der Waals surface area contributed by atoms with Gasteiger partial charge in [0.05, 0.1) is 6.54 Å². The van der Waals surface area contributed by atoms with Gasteiger partial charge in [0.1, 0.15) is 0 Å². The lowest BCUT2D eigenvalue weighted by atomic mass is 10.1. The van der Waals surface area contributed by atoms with Gasteiger partial charge >= 0.3 is 0 Å². The molecule has 0 N–H and O–H groups in total. The van der Waals surface area contributed by atoms with Crippen molar-refractivity contribution in [2.45, 2.75) is 25.4 Å². The Hall–Kier alpha value is -2.13. The summed E-state index contributed by atoms with van der Waals surface area (Å²) >= 11 is 0. The fourth-order valence-electron chi connectivity index (χ4n) is 3.38. The Bertz CT molecular complexity index is 668. The van der Waals surface area contributed by atoms with Crippen LogP contribution in [0.25, 0.3) is 0 Å². The van der Waals surface area contributed by atoms with Crippen molar-refractivity contribution >= 4 is 5.91 Å². The third-order valence-corrected chi connectivity index (χ3v) is 4.71. The Labute approximate surface area is 138 Å². The maximum absolute atomic E-state index is 12.5. The van der Waals surface area contributed by atoms with E-state index in [0.717, 1.165) is 18.4 Å². The van der Waals surface area contributed by atoms with E-state index in [2.05, 4.69) is 48.3 Å². The molecule has 0 spiro atoms. The molecule has 1 aliphatic rings. The smallest absolute Gasteiger partial charge is 0.236 e. The van der Waals surface area contributed by atoms with Gasteiger partial charge in [0.2, 0.25) is 5.91 Å². The van der Waals surface area contributed by atoms with Gasteiger partial charge in [-0.1, -0.05) is 54.6 Å². The van der Waals surface area contributed by atoms with Crippen molar-refractivity contribution in [1.82, 2.24) is 9.80 Å². The molecule has 0 bridgehead atoms. The molecule has 3 rings (SSSR count). The summed E-state index contributed by atoms with van der Waals surface area (Å²) in [5.41, 5.74) is 3.97. The van der Waals surface area contributed by atoms with Crippen LogP contribution in [0.5, 0.6) is 0 Å². The molecule has 120 valence electrons. The first-order valence-electron chi connectivity index (χ1n) is 8.21. The van der Waals surface area contributed by atoms with Crippen molar-refractivity contribution in [3.05, 3.63) is 71.3 Å². The second-order valence-corrected chi connectivity index (χ2v) is 6.40. The number of rotatable bonds is 5. The molecule has 0 radical (unpaired) electrons. The SMILES string of the molecule is CN(Cc1ccccc1)C(=O)CN(C)C1CCc2ccccc21. The minimum absolute atomic E-state index is 0.167. The molecule has 0 saturated heterocycles. The van der Waals surface area contributed by atoms with Crippen molar-refractivity contribution < 1.29 is 4.79 Å². The molecule has 0 heterocycles. The van der Waals surface area contributed by atoms with E-state index in [1.807, 2.05) is 30.1 Å². The zero-order valence-corrected chi connectivity index (χ0v) is 13.9. The molecule has 0 aromatic heterocycles. The third-order valence-electron chi connectivity index (χ3n) is 4.71. The average molecular weight is 308 g/mol. The monoisotopic (exact) mass is 308 g/mol. The van der Waals surface area contributed by atoms with E-state index < -0.39 is 0 Å². The highest BCUT2D eigenvalue weighted by Gasteiger charge is 2.27. The zero-order valence-electron chi connectivity index (χ0n) is 13.9. The van der Waals surface area contributed by atoms with Gasteiger partial charge in [0.25, 0.3) is 0 Å². The molecular weight excluding hydrogens is 284 g/mol. The first-order chi connectivity index (χ1) is 11.1. The summed E-state index contributed by atoms with van der Waals surface area (Å²) in [6.45, 7) is 1.12. The summed E-state index contributed by atoms with van der Waals surface area (Å²) in [4.78, 5) is 16.5. The molecule has 3 heteroatoms. The topological polar surface area (TPSA) is 23.6 Å². The molecule has 0 aliphatic heterocycles. The Kier molecular flexibility index (Phi) is 4.77. The van der Waals surface area contributed by atoms with Crippen LogP contribution >= 0.6 is 0 Å². The van der Waals surface area contributed by atoms with Gasteiger partial charge in [-0.25, -0.2) is 0 Å². The zero-order chi connectivity index (χ0) is 16.2. The van der Waals surface area contributed by atoms with Crippen LogP contribution in [-0.4, -0.2) is 36.3 Å². The summed E-state index contributed by atoms with van der Waals surface area (Å²) in [5.74, 6) is 0.167. The molecule has 0 saturated carbocycles. The van der Waals surface area contributed by atoms with Crippen LogP contribution in [0, 0.1) is 0 Å². The number of carbonyl (C=O) groups excluding carboxylic acids is 1. The molecule has 23 heavy (non-hydrogen) atoms. The van der Waals surface area contributed by atoms with Crippen molar-refractivity contribution in [3.63, 3.8) is 0 Å². The molecular formula is C20H24N2O. The summed E-state index contributed by atoms with van der Waals surface area (Å²) in [5, 5.41) is 0. The second-order valence-electron chi connectivity index (χ2n) is 6.40. The van der Waals surface area contributed by atoms with Crippen LogP contribution in [-0.2, 0) is 17.8 Å². The summed E-state index contributed by atoms with van der Waals surface area (Å²) in [6.07, 6.45) is 2.21. The minimum Gasteiger partial charge on any atom is -0.340 e. The number of amides is 1. The molecule has 2 aromatic rings. The maximum atomic E-state index is 12.5. The lowest BCUT2D eigenvalue weighted by Crippen LogP contribution is -2.37. The number of benzene rings is 2. The number of hydrogen-bond acceptors (Lipinski definition) is 2. The van der Waals surface area contributed by atoms with Gasteiger partial charge in [-0.3, -0.25) is 9.69 Å². The summed E-state index contributed by atoms with van der Waals surface area (Å²) < 4.78 is 0. The van der Waals surface area contributed by atoms with Crippen molar-refractivity contribution in [2.75, 3.05) is 20.6 Å². The van der Waals surface area contributed by atoms with E-state index in [1.54, 1.807) is 0 Å². The molecule has 2 aromatic carbocycles. The fraction of sp³-hybridized carbons (Fsp3) is 0.350. The van der Waals surface area contributed by atoms with Gasteiger partial charge in [-0.05, 0) is 36.6 Å². The van der Waals surface area contributed by atoms with E-state index in [-0.39, 0.29) is 5.91 Å². The number of nitrogens with zero attached hydrogens (tertiary/aromatic N) is 2. The van der Waals surface area contributed by atoms with Gasteiger partial charge in [0, 0.05) is 19.6 Å².